The van der Waals surface area contributed by atoms with Gasteiger partial charge in [-0.15, -0.1) is 0 Å². The van der Waals surface area contributed by atoms with Gasteiger partial charge in [-0.3, -0.25) is 9.59 Å². The number of rotatable bonds is 4. The van der Waals surface area contributed by atoms with Gasteiger partial charge in [-0.2, -0.15) is 0 Å². The molecule has 1 saturated heterocycles. The number of nitrogens with one attached hydrogen (secondary N) is 1. The van der Waals surface area contributed by atoms with Crippen LogP contribution in [-0.4, -0.2) is 44.9 Å². The quantitative estimate of drug-likeness (QED) is 0.909. The van der Waals surface area contributed by atoms with Crippen LogP contribution in [0.25, 0.3) is 0 Å². The summed E-state index contributed by atoms with van der Waals surface area (Å²) in [6.07, 6.45) is 5.25. The molecular weight excluding hydrogens is 292 g/mol. The van der Waals surface area contributed by atoms with Crippen LogP contribution < -0.4 is 5.32 Å². The van der Waals surface area contributed by atoms with Crippen molar-refractivity contribution in [1.29, 1.82) is 0 Å². The maximum Gasteiger partial charge on any atom is 0.243 e. The Bertz CT molecular complexity index is 608. The Morgan fingerprint density at radius 2 is 2.17 bits per heavy atom. The third-order valence-electron chi connectivity index (χ3n) is 4.81. The Morgan fingerprint density at radius 1 is 1.39 bits per heavy atom. The Kier molecular flexibility index (Phi) is 4.41. The Morgan fingerprint density at radius 3 is 2.83 bits per heavy atom. The third kappa shape index (κ3) is 3.26. The van der Waals surface area contributed by atoms with Crippen LogP contribution in [0.15, 0.2) is 6.20 Å². The lowest BCUT2D eigenvalue weighted by Gasteiger charge is -2.32. The van der Waals surface area contributed by atoms with Gasteiger partial charge in [0.05, 0.1) is 5.69 Å². The van der Waals surface area contributed by atoms with Gasteiger partial charge in [-0.1, -0.05) is 13.8 Å². The zero-order valence-corrected chi connectivity index (χ0v) is 14.2. The van der Waals surface area contributed by atoms with Crippen molar-refractivity contribution in [2.45, 2.75) is 65.1 Å². The fourth-order valence-corrected chi connectivity index (χ4v) is 3.76. The van der Waals surface area contributed by atoms with E-state index < -0.39 is 0 Å². The van der Waals surface area contributed by atoms with Crippen molar-refractivity contribution in [2.75, 3.05) is 6.54 Å². The highest BCUT2D eigenvalue weighted by Crippen LogP contribution is 2.21. The molecule has 0 saturated carbocycles. The first-order valence-electron chi connectivity index (χ1n) is 8.58. The van der Waals surface area contributed by atoms with E-state index in [-0.39, 0.29) is 29.8 Å². The van der Waals surface area contributed by atoms with Gasteiger partial charge in [-0.05, 0) is 25.7 Å². The van der Waals surface area contributed by atoms with E-state index in [1.165, 1.54) is 0 Å². The lowest BCUT2D eigenvalue weighted by Crippen LogP contribution is -2.53. The van der Waals surface area contributed by atoms with Gasteiger partial charge in [0.25, 0.3) is 0 Å². The zero-order valence-electron chi connectivity index (χ0n) is 14.2. The monoisotopic (exact) mass is 318 g/mol. The molecule has 1 aromatic heterocycles. The van der Waals surface area contributed by atoms with Gasteiger partial charge in [0, 0.05) is 38.2 Å². The number of carbonyl (C=O) groups excluding carboxylic acids is 2. The smallest absolute Gasteiger partial charge is 0.243 e. The van der Waals surface area contributed by atoms with Gasteiger partial charge < -0.3 is 14.8 Å². The number of nitrogens with zero attached hydrogens (tertiary/aromatic N) is 3. The topological polar surface area (TPSA) is 67.2 Å². The van der Waals surface area contributed by atoms with E-state index >= 15 is 0 Å². The number of likely N-dealkylation sites (tertiary alicyclic amines) is 1. The van der Waals surface area contributed by atoms with Crippen LogP contribution >= 0.6 is 0 Å². The fraction of sp³-hybridized carbons (Fsp3) is 0.706. The van der Waals surface area contributed by atoms with E-state index in [4.69, 9.17) is 0 Å². The molecule has 0 bridgehead atoms. The lowest BCUT2D eigenvalue weighted by molar-refractivity contribution is -0.139. The number of fused-ring (bicyclic) bond motifs is 1. The molecule has 3 rings (SSSR count). The molecule has 6 heteroatoms. The molecule has 6 nitrogen and oxygen atoms in total. The van der Waals surface area contributed by atoms with Crippen molar-refractivity contribution < 1.29 is 9.59 Å². The maximum atomic E-state index is 12.8. The highest BCUT2D eigenvalue weighted by atomic mass is 16.2. The standard InChI is InChI=1S/C17H26N4O2/c1-11(2)16(21-8-4-5-15(21)22)17(23)19-13-6-7-14-18-12(3)9-20(14)10-13/h9,11,13,16H,4-8,10H2,1-3H3,(H,19,23)/t13-,16-/m0/s1. The fourth-order valence-electron chi connectivity index (χ4n) is 3.76. The van der Waals surface area contributed by atoms with Crippen LogP contribution in [0.4, 0.5) is 0 Å². The Labute approximate surface area is 137 Å². The SMILES string of the molecule is Cc1cn2c(n1)CC[C@H](NC(=O)[C@H](C(C)C)N1CCCC1=O)C2. The van der Waals surface area contributed by atoms with Crippen molar-refractivity contribution >= 4 is 11.8 Å². The predicted molar refractivity (Wildman–Crippen MR) is 86.8 cm³/mol. The summed E-state index contributed by atoms with van der Waals surface area (Å²) in [7, 11) is 0. The average Bonchev–Trinajstić information content (AvgIpc) is 3.03. The van der Waals surface area contributed by atoms with E-state index in [0.717, 1.165) is 37.3 Å². The number of hydrogen-bond donors (Lipinski definition) is 1. The molecule has 2 amide bonds. The number of amides is 2. The van der Waals surface area contributed by atoms with Crippen molar-refractivity contribution in [3.63, 3.8) is 0 Å². The molecule has 0 aromatic carbocycles. The largest absolute Gasteiger partial charge is 0.350 e. The number of imidazole rings is 1. The first kappa shape index (κ1) is 16.0. The molecule has 1 fully saturated rings. The molecule has 0 radical (unpaired) electrons. The molecule has 0 unspecified atom stereocenters. The molecule has 0 aliphatic carbocycles. The maximum absolute atomic E-state index is 12.8. The predicted octanol–water partition coefficient (Wildman–Crippen LogP) is 1.27. The van der Waals surface area contributed by atoms with Crippen LogP contribution in [-0.2, 0) is 22.6 Å². The molecule has 0 spiro atoms. The van der Waals surface area contributed by atoms with Crippen molar-refractivity contribution in [3.05, 3.63) is 17.7 Å². The summed E-state index contributed by atoms with van der Waals surface area (Å²) in [4.78, 5) is 31.0. The first-order chi connectivity index (χ1) is 11.0. The summed E-state index contributed by atoms with van der Waals surface area (Å²) in [6.45, 7) is 7.47. The number of aromatic nitrogens is 2. The van der Waals surface area contributed by atoms with Crippen molar-refractivity contribution in [3.8, 4) is 0 Å². The Balaban J connectivity index is 1.66. The van der Waals surface area contributed by atoms with Gasteiger partial charge in [0.1, 0.15) is 11.9 Å². The lowest BCUT2D eigenvalue weighted by atomic mass is 10.00. The van der Waals surface area contributed by atoms with E-state index in [1.807, 2.05) is 27.0 Å². The number of hydrogen-bond acceptors (Lipinski definition) is 3. The minimum absolute atomic E-state index is 0.0134. The molecule has 3 heterocycles. The van der Waals surface area contributed by atoms with Gasteiger partial charge in [-0.25, -0.2) is 4.98 Å². The molecule has 1 aromatic rings. The molecule has 2 aliphatic heterocycles. The zero-order chi connectivity index (χ0) is 16.6. The van der Waals surface area contributed by atoms with Crippen LogP contribution in [0.2, 0.25) is 0 Å². The molecule has 23 heavy (non-hydrogen) atoms. The van der Waals surface area contributed by atoms with Crippen LogP contribution in [0, 0.1) is 12.8 Å². The summed E-state index contributed by atoms with van der Waals surface area (Å²) in [5.41, 5.74) is 1.02. The normalized spacial score (nSPS) is 22.3. The highest BCUT2D eigenvalue weighted by Gasteiger charge is 2.36. The summed E-state index contributed by atoms with van der Waals surface area (Å²) < 4.78 is 2.13. The minimum Gasteiger partial charge on any atom is -0.350 e. The second-order valence-electron chi connectivity index (χ2n) is 7.07. The van der Waals surface area contributed by atoms with Gasteiger partial charge >= 0.3 is 0 Å². The summed E-state index contributed by atoms with van der Waals surface area (Å²) in [5.74, 6) is 1.31. The molecule has 126 valence electrons. The van der Waals surface area contributed by atoms with Crippen molar-refractivity contribution in [1.82, 2.24) is 19.8 Å². The average molecular weight is 318 g/mol. The van der Waals surface area contributed by atoms with Crippen LogP contribution in [0.3, 0.4) is 0 Å². The van der Waals surface area contributed by atoms with E-state index in [0.29, 0.717) is 13.0 Å². The summed E-state index contributed by atoms with van der Waals surface area (Å²) >= 11 is 0. The van der Waals surface area contributed by atoms with Crippen LogP contribution in [0.5, 0.6) is 0 Å². The highest BCUT2D eigenvalue weighted by molar-refractivity contribution is 5.89. The van der Waals surface area contributed by atoms with Crippen LogP contribution in [0.1, 0.15) is 44.6 Å². The molecule has 2 aliphatic rings. The molecular formula is C17H26N4O2. The van der Waals surface area contributed by atoms with Gasteiger partial charge in [0.15, 0.2) is 0 Å². The van der Waals surface area contributed by atoms with Crippen molar-refractivity contribution in [2.24, 2.45) is 5.92 Å². The number of aryl methyl sites for hydroxylation is 2. The second kappa shape index (κ2) is 6.34. The second-order valence-corrected chi connectivity index (χ2v) is 7.07. The summed E-state index contributed by atoms with van der Waals surface area (Å²) in [5, 5.41) is 3.17. The summed E-state index contributed by atoms with van der Waals surface area (Å²) in [6, 6.07) is -0.238. The van der Waals surface area contributed by atoms with E-state index in [9.17, 15) is 9.59 Å². The number of carbonyl (C=O) groups is 2. The molecule has 1 N–H and O–H groups in total. The van der Waals surface area contributed by atoms with E-state index in [1.54, 1.807) is 4.90 Å². The third-order valence-corrected chi connectivity index (χ3v) is 4.81. The molecule has 2 atom stereocenters. The van der Waals surface area contributed by atoms with Gasteiger partial charge in [0.2, 0.25) is 11.8 Å². The minimum atomic E-state index is -0.351. The Hall–Kier alpha value is -1.85. The van der Waals surface area contributed by atoms with E-state index in [2.05, 4.69) is 14.9 Å². The first-order valence-corrected chi connectivity index (χ1v) is 8.58.